The van der Waals surface area contributed by atoms with E-state index in [-0.39, 0.29) is 12.6 Å². The summed E-state index contributed by atoms with van der Waals surface area (Å²) in [6.45, 7) is 4.13. The van der Waals surface area contributed by atoms with Gasteiger partial charge in [-0.3, -0.25) is 4.79 Å². The third-order valence-electron chi connectivity index (χ3n) is 2.65. The number of carbonyl (C=O) groups excluding carboxylic acids is 1. The fourth-order valence-corrected chi connectivity index (χ4v) is 1.86. The first-order chi connectivity index (χ1) is 8.43. The molecule has 0 aromatic heterocycles. The van der Waals surface area contributed by atoms with Crippen LogP contribution in [0.4, 0.5) is 11.4 Å². The van der Waals surface area contributed by atoms with Crippen LogP contribution in [0.3, 0.4) is 0 Å². The van der Waals surface area contributed by atoms with Gasteiger partial charge in [-0.2, -0.15) is 0 Å². The Balaban J connectivity index is 2.93. The molecule has 6 N–H and O–H groups in total. The van der Waals surface area contributed by atoms with E-state index in [1.54, 1.807) is 18.2 Å². The standard InChI is InChI=1S/C13H21N3O2/c1-8(2)5-10(7-17)16-12-6-9(14)3-4-11(12)13(15)18/h3-4,6,8,10,16-17H,5,7,14H2,1-2H3,(H2,15,18). The van der Waals surface area contributed by atoms with Gasteiger partial charge in [-0.15, -0.1) is 0 Å². The van der Waals surface area contributed by atoms with Gasteiger partial charge < -0.3 is 21.9 Å². The van der Waals surface area contributed by atoms with Crippen LogP contribution in [-0.2, 0) is 0 Å². The van der Waals surface area contributed by atoms with Crippen LogP contribution in [0.1, 0.15) is 30.6 Å². The monoisotopic (exact) mass is 251 g/mol. The maximum absolute atomic E-state index is 11.3. The number of aliphatic hydroxyl groups excluding tert-OH is 1. The Kier molecular flexibility index (Phi) is 4.97. The Morgan fingerprint density at radius 3 is 2.61 bits per heavy atom. The number of primary amides is 1. The lowest BCUT2D eigenvalue weighted by Gasteiger charge is -2.21. The molecule has 0 heterocycles. The number of aliphatic hydroxyl groups is 1. The van der Waals surface area contributed by atoms with E-state index in [0.29, 0.717) is 22.9 Å². The maximum Gasteiger partial charge on any atom is 0.250 e. The van der Waals surface area contributed by atoms with Crippen molar-refractivity contribution in [2.24, 2.45) is 11.7 Å². The fraction of sp³-hybridized carbons (Fsp3) is 0.462. The van der Waals surface area contributed by atoms with Gasteiger partial charge >= 0.3 is 0 Å². The summed E-state index contributed by atoms with van der Waals surface area (Å²) in [6, 6.07) is 4.75. The zero-order valence-corrected chi connectivity index (χ0v) is 10.8. The van der Waals surface area contributed by atoms with Gasteiger partial charge in [0.15, 0.2) is 0 Å². The normalized spacial score (nSPS) is 12.4. The van der Waals surface area contributed by atoms with Crippen LogP contribution >= 0.6 is 0 Å². The van der Waals surface area contributed by atoms with E-state index in [9.17, 15) is 9.90 Å². The minimum atomic E-state index is -0.515. The van der Waals surface area contributed by atoms with Crippen molar-refractivity contribution in [3.63, 3.8) is 0 Å². The summed E-state index contributed by atoms with van der Waals surface area (Å²) in [6.07, 6.45) is 0.795. The number of rotatable bonds is 6. The predicted molar refractivity (Wildman–Crippen MR) is 73.3 cm³/mol. The van der Waals surface area contributed by atoms with Crippen molar-refractivity contribution in [3.8, 4) is 0 Å². The van der Waals surface area contributed by atoms with Gasteiger partial charge in [-0.25, -0.2) is 0 Å². The minimum absolute atomic E-state index is 0.00875. The number of carbonyl (C=O) groups is 1. The van der Waals surface area contributed by atoms with Crippen LogP contribution in [0.25, 0.3) is 0 Å². The third-order valence-corrected chi connectivity index (χ3v) is 2.65. The lowest BCUT2D eigenvalue weighted by atomic mass is 10.0. The first-order valence-corrected chi connectivity index (χ1v) is 6.00. The number of benzene rings is 1. The molecular formula is C13H21N3O2. The van der Waals surface area contributed by atoms with Crippen LogP contribution in [0, 0.1) is 5.92 Å². The molecule has 0 aliphatic heterocycles. The molecule has 18 heavy (non-hydrogen) atoms. The van der Waals surface area contributed by atoms with E-state index in [2.05, 4.69) is 19.2 Å². The second kappa shape index (κ2) is 6.26. The second-order valence-electron chi connectivity index (χ2n) is 4.82. The van der Waals surface area contributed by atoms with Crippen molar-refractivity contribution in [2.75, 3.05) is 17.7 Å². The predicted octanol–water partition coefficient (Wildman–Crippen LogP) is 1.19. The quantitative estimate of drug-likeness (QED) is 0.570. The molecule has 5 heteroatoms. The molecule has 1 atom stereocenters. The molecule has 0 aliphatic rings. The molecule has 0 saturated heterocycles. The molecular weight excluding hydrogens is 230 g/mol. The average molecular weight is 251 g/mol. The number of nitrogens with one attached hydrogen (secondary N) is 1. The highest BCUT2D eigenvalue weighted by atomic mass is 16.3. The molecule has 0 spiro atoms. The van der Waals surface area contributed by atoms with Crippen molar-refractivity contribution < 1.29 is 9.90 Å². The minimum Gasteiger partial charge on any atom is -0.399 e. The summed E-state index contributed by atoms with van der Waals surface area (Å²) in [5.74, 6) is -0.0773. The Bertz CT molecular complexity index is 419. The number of hydrogen-bond donors (Lipinski definition) is 4. The van der Waals surface area contributed by atoms with E-state index in [1.165, 1.54) is 0 Å². The summed E-state index contributed by atoms with van der Waals surface area (Å²) in [7, 11) is 0. The van der Waals surface area contributed by atoms with Crippen LogP contribution in [0.5, 0.6) is 0 Å². The second-order valence-corrected chi connectivity index (χ2v) is 4.82. The lowest BCUT2D eigenvalue weighted by molar-refractivity contribution is 0.100. The summed E-state index contributed by atoms with van der Waals surface area (Å²) in [5, 5.41) is 12.4. The first-order valence-electron chi connectivity index (χ1n) is 6.00. The number of nitrogens with two attached hydrogens (primary N) is 2. The van der Waals surface area contributed by atoms with E-state index < -0.39 is 5.91 Å². The highest BCUT2D eigenvalue weighted by Crippen LogP contribution is 2.21. The van der Waals surface area contributed by atoms with Crippen LogP contribution < -0.4 is 16.8 Å². The van der Waals surface area contributed by atoms with E-state index in [4.69, 9.17) is 11.5 Å². The van der Waals surface area contributed by atoms with Gasteiger partial charge in [0.05, 0.1) is 12.2 Å². The van der Waals surface area contributed by atoms with Crippen molar-refractivity contribution in [1.29, 1.82) is 0 Å². The molecule has 0 radical (unpaired) electrons. The Hall–Kier alpha value is -1.75. The molecule has 0 bridgehead atoms. The van der Waals surface area contributed by atoms with Crippen molar-refractivity contribution >= 4 is 17.3 Å². The van der Waals surface area contributed by atoms with Gasteiger partial charge in [-0.05, 0) is 30.5 Å². The molecule has 0 fully saturated rings. The van der Waals surface area contributed by atoms with Crippen molar-refractivity contribution in [2.45, 2.75) is 26.3 Å². The van der Waals surface area contributed by atoms with Gasteiger partial charge in [0, 0.05) is 17.4 Å². The molecule has 1 aromatic rings. The summed E-state index contributed by atoms with van der Waals surface area (Å²) in [5.41, 5.74) is 12.5. The Morgan fingerprint density at radius 1 is 1.44 bits per heavy atom. The smallest absolute Gasteiger partial charge is 0.250 e. The first kappa shape index (κ1) is 14.3. The molecule has 0 aliphatic carbocycles. The van der Waals surface area contributed by atoms with Crippen LogP contribution in [0.15, 0.2) is 18.2 Å². The molecule has 1 amide bonds. The van der Waals surface area contributed by atoms with Gasteiger partial charge in [-0.1, -0.05) is 13.8 Å². The largest absolute Gasteiger partial charge is 0.399 e. The van der Waals surface area contributed by atoms with Gasteiger partial charge in [0.1, 0.15) is 0 Å². The van der Waals surface area contributed by atoms with Crippen molar-refractivity contribution in [3.05, 3.63) is 23.8 Å². The summed E-state index contributed by atoms with van der Waals surface area (Å²) in [4.78, 5) is 11.3. The number of nitrogen functional groups attached to an aromatic ring is 1. The average Bonchev–Trinajstić information content (AvgIpc) is 2.27. The van der Waals surface area contributed by atoms with Crippen molar-refractivity contribution in [1.82, 2.24) is 0 Å². The Morgan fingerprint density at radius 2 is 2.11 bits per heavy atom. The molecule has 1 rings (SSSR count). The number of amides is 1. The lowest BCUT2D eigenvalue weighted by Crippen LogP contribution is -2.27. The van der Waals surface area contributed by atoms with E-state index in [1.807, 2.05) is 0 Å². The van der Waals surface area contributed by atoms with Crippen LogP contribution in [-0.4, -0.2) is 23.7 Å². The molecule has 0 saturated carbocycles. The molecule has 1 aromatic carbocycles. The summed E-state index contributed by atoms with van der Waals surface area (Å²) >= 11 is 0. The highest BCUT2D eigenvalue weighted by molar-refractivity contribution is 5.99. The molecule has 5 nitrogen and oxygen atoms in total. The van der Waals surface area contributed by atoms with Crippen LogP contribution in [0.2, 0.25) is 0 Å². The Labute approximate surface area is 107 Å². The zero-order valence-electron chi connectivity index (χ0n) is 10.8. The highest BCUT2D eigenvalue weighted by Gasteiger charge is 2.14. The topological polar surface area (TPSA) is 101 Å². The van der Waals surface area contributed by atoms with E-state index in [0.717, 1.165) is 6.42 Å². The fourth-order valence-electron chi connectivity index (χ4n) is 1.86. The van der Waals surface area contributed by atoms with Gasteiger partial charge in [0.25, 0.3) is 5.91 Å². The molecule has 100 valence electrons. The van der Waals surface area contributed by atoms with Gasteiger partial charge in [0.2, 0.25) is 0 Å². The number of hydrogen-bond acceptors (Lipinski definition) is 4. The number of anilines is 2. The molecule has 1 unspecified atom stereocenters. The third kappa shape index (κ3) is 3.92. The summed E-state index contributed by atoms with van der Waals surface area (Å²) < 4.78 is 0. The zero-order chi connectivity index (χ0) is 13.7. The van der Waals surface area contributed by atoms with E-state index >= 15 is 0 Å². The SMILES string of the molecule is CC(C)CC(CO)Nc1cc(N)ccc1C(N)=O. The maximum atomic E-state index is 11.3.